The Bertz CT molecular complexity index is 661. The van der Waals surface area contributed by atoms with Gasteiger partial charge in [0.1, 0.15) is 6.61 Å². The molecule has 0 rings (SSSR count). The van der Waals surface area contributed by atoms with E-state index in [-0.39, 0.29) is 19.4 Å². The zero-order chi connectivity index (χ0) is 29.0. The maximum Gasteiger partial charge on any atom is 0.469 e. The Balaban J connectivity index is 4.06. The highest BCUT2D eigenvalue weighted by Crippen LogP contribution is 2.35. The van der Waals surface area contributed by atoms with Crippen LogP contribution in [0.25, 0.3) is 0 Å². The van der Waals surface area contributed by atoms with Gasteiger partial charge in [0.15, 0.2) is 6.10 Å². The molecule has 0 amide bonds. The number of carbonyl (C=O) groups is 2. The first-order valence-corrected chi connectivity index (χ1v) is 17.0. The Morgan fingerprint density at radius 3 is 1.59 bits per heavy atom. The molecule has 0 saturated carbocycles. The van der Waals surface area contributed by atoms with Crippen molar-refractivity contribution in [1.29, 1.82) is 0 Å². The first-order valence-electron chi connectivity index (χ1n) is 15.5. The Labute approximate surface area is 237 Å². The summed E-state index contributed by atoms with van der Waals surface area (Å²) < 4.78 is 26.1. The Morgan fingerprint density at radius 2 is 1.08 bits per heavy atom. The van der Waals surface area contributed by atoms with Gasteiger partial charge < -0.3 is 19.3 Å². The normalized spacial score (nSPS) is 12.6. The molecule has 9 heteroatoms. The predicted octanol–water partition coefficient (Wildman–Crippen LogP) is 8.34. The van der Waals surface area contributed by atoms with E-state index in [1.807, 2.05) is 0 Å². The van der Waals surface area contributed by atoms with Crippen molar-refractivity contribution >= 4 is 19.8 Å². The molecule has 0 fully saturated rings. The molecule has 0 bridgehead atoms. The molecule has 0 aromatic carbocycles. The molecule has 39 heavy (non-hydrogen) atoms. The van der Waals surface area contributed by atoms with Crippen molar-refractivity contribution in [2.24, 2.45) is 0 Å². The van der Waals surface area contributed by atoms with Crippen molar-refractivity contribution in [3.63, 3.8) is 0 Å². The van der Waals surface area contributed by atoms with E-state index in [0.29, 0.717) is 6.42 Å². The molecule has 0 aliphatic heterocycles. The number of carbonyl (C=O) groups excluding carboxylic acids is 2. The third-order valence-electron chi connectivity index (χ3n) is 6.53. The minimum atomic E-state index is -4.73. The van der Waals surface area contributed by atoms with Gasteiger partial charge in [-0.05, 0) is 38.5 Å². The van der Waals surface area contributed by atoms with Crippen LogP contribution < -0.4 is 0 Å². The molecule has 0 aliphatic rings. The second-order valence-electron chi connectivity index (χ2n) is 10.4. The summed E-state index contributed by atoms with van der Waals surface area (Å²) in [5, 5.41) is 0. The molecular weight excluding hydrogens is 519 g/mol. The molecular formula is C30H57O8P. The lowest BCUT2D eigenvalue weighted by Gasteiger charge is -2.18. The average molecular weight is 577 g/mol. The summed E-state index contributed by atoms with van der Waals surface area (Å²) in [5.41, 5.74) is 0. The molecule has 0 heterocycles. The molecule has 1 atom stereocenters. The Hall–Kier alpha value is -1.21. The van der Waals surface area contributed by atoms with E-state index < -0.39 is 32.5 Å². The highest BCUT2D eigenvalue weighted by Gasteiger charge is 2.22. The summed E-state index contributed by atoms with van der Waals surface area (Å²) in [6.45, 7) is 3.59. The largest absolute Gasteiger partial charge is 0.469 e. The van der Waals surface area contributed by atoms with E-state index in [0.717, 1.165) is 51.4 Å². The van der Waals surface area contributed by atoms with Crippen LogP contribution in [0.5, 0.6) is 0 Å². The van der Waals surface area contributed by atoms with Gasteiger partial charge in [-0.2, -0.15) is 0 Å². The van der Waals surface area contributed by atoms with Crippen LogP contribution in [0.15, 0.2) is 12.2 Å². The molecule has 230 valence electrons. The number of hydrogen-bond acceptors (Lipinski definition) is 6. The number of phosphoric acid groups is 1. The topological polar surface area (TPSA) is 119 Å². The van der Waals surface area contributed by atoms with Gasteiger partial charge in [0.25, 0.3) is 0 Å². The van der Waals surface area contributed by atoms with Crippen LogP contribution in [0.4, 0.5) is 0 Å². The van der Waals surface area contributed by atoms with Crippen LogP contribution in [0, 0.1) is 0 Å². The van der Waals surface area contributed by atoms with E-state index in [4.69, 9.17) is 19.3 Å². The first-order chi connectivity index (χ1) is 18.8. The van der Waals surface area contributed by atoms with Crippen molar-refractivity contribution in [3.05, 3.63) is 12.2 Å². The summed E-state index contributed by atoms with van der Waals surface area (Å²) >= 11 is 0. The monoisotopic (exact) mass is 576 g/mol. The van der Waals surface area contributed by atoms with Crippen molar-refractivity contribution in [2.75, 3.05) is 13.2 Å². The van der Waals surface area contributed by atoms with Crippen LogP contribution in [0.3, 0.4) is 0 Å². The highest BCUT2D eigenvalue weighted by molar-refractivity contribution is 7.46. The summed E-state index contributed by atoms with van der Waals surface area (Å²) in [5.74, 6) is -0.899. The number of allylic oxidation sites excluding steroid dienone is 2. The van der Waals surface area contributed by atoms with Crippen LogP contribution >= 0.6 is 7.82 Å². The Morgan fingerprint density at radius 1 is 0.641 bits per heavy atom. The molecule has 0 aliphatic carbocycles. The number of hydrogen-bond donors (Lipinski definition) is 2. The van der Waals surface area contributed by atoms with Crippen molar-refractivity contribution in [2.45, 2.75) is 155 Å². The second kappa shape index (κ2) is 27.0. The van der Waals surface area contributed by atoms with Crippen molar-refractivity contribution < 1.29 is 37.9 Å². The number of phosphoric ester groups is 1. The van der Waals surface area contributed by atoms with E-state index in [1.165, 1.54) is 64.2 Å². The van der Waals surface area contributed by atoms with E-state index >= 15 is 0 Å². The summed E-state index contributed by atoms with van der Waals surface area (Å²) in [6.07, 6.45) is 25.2. The lowest BCUT2D eigenvalue weighted by Crippen LogP contribution is -2.29. The number of rotatable bonds is 28. The second-order valence-corrected chi connectivity index (χ2v) is 11.7. The summed E-state index contributed by atoms with van der Waals surface area (Å²) in [4.78, 5) is 42.3. The lowest BCUT2D eigenvalue weighted by atomic mass is 10.1. The molecule has 0 radical (unpaired) electrons. The van der Waals surface area contributed by atoms with Crippen LogP contribution in [0.1, 0.15) is 149 Å². The smallest absolute Gasteiger partial charge is 0.462 e. The zero-order valence-corrected chi connectivity index (χ0v) is 25.7. The minimum Gasteiger partial charge on any atom is -0.462 e. The third kappa shape index (κ3) is 29.6. The molecule has 8 nitrogen and oxygen atoms in total. The van der Waals surface area contributed by atoms with Gasteiger partial charge in [-0.1, -0.05) is 109 Å². The third-order valence-corrected chi connectivity index (χ3v) is 7.02. The predicted molar refractivity (Wildman–Crippen MR) is 156 cm³/mol. The van der Waals surface area contributed by atoms with E-state index in [1.54, 1.807) is 0 Å². The van der Waals surface area contributed by atoms with Gasteiger partial charge in [-0.3, -0.25) is 14.1 Å². The fraction of sp³-hybridized carbons (Fsp3) is 0.867. The van der Waals surface area contributed by atoms with Crippen molar-refractivity contribution in [3.8, 4) is 0 Å². The number of esters is 2. The maximum absolute atomic E-state index is 12.2. The zero-order valence-electron chi connectivity index (χ0n) is 24.8. The summed E-state index contributed by atoms with van der Waals surface area (Å²) in [6, 6.07) is 0. The fourth-order valence-corrected chi connectivity index (χ4v) is 4.55. The quantitative estimate of drug-likeness (QED) is 0.0413. The number of unbranched alkanes of at least 4 members (excludes halogenated alkanes) is 16. The van der Waals surface area contributed by atoms with Crippen LogP contribution in [0.2, 0.25) is 0 Å². The molecule has 1 unspecified atom stereocenters. The van der Waals surface area contributed by atoms with Gasteiger partial charge in [-0.15, -0.1) is 0 Å². The van der Waals surface area contributed by atoms with E-state index in [9.17, 15) is 14.2 Å². The standard InChI is InChI=1S/C30H57O8P/c1-3-5-7-9-11-13-14-15-16-17-19-21-23-25-30(32)38-28(27-37-39(33,34)35)26-36-29(31)24-22-20-18-12-10-8-6-4-2/h13-14,28H,3-12,15-27H2,1-2H3,(H2,33,34,35)/b14-13-. The Kier molecular flexibility index (Phi) is 26.1. The molecule has 0 spiro atoms. The van der Waals surface area contributed by atoms with Gasteiger partial charge in [0, 0.05) is 12.8 Å². The van der Waals surface area contributed by atoms with Crippen LogP contribution in [-0.4, -0.2) is 41.0 Å². The number of ether oxygens (including phenoxy) is 2. The van der Waals surface area contributed by atoms with Gasteiger partial charge in [-0.25, -0.2) is 4.57 Å². The minimum absolute atomic E-state index is 0.205. The van der Waals surface area contributed by atoms with Gasteiger partial charge in [0.05, 0.1) is 6.61 Å². The molecule has 0 aromatic rings. The SMILES string of the molecule is CCCCCC/C=C\CCCCCCCC(=O)OC(COC(=O)CCCCCCCCCC)COP(=O)(O)O. The van der Waals surface area contributed by atoms with Crippen molar-refractivity contribution in [1.82, 2.24) is 0 Å². The van der Waals surface area contributed by atoms with E-state index in [2.05, 4.69) is 30.5 Å². The van der Waals surface area contributed by atoms with Gasteiger partial charge in [0.2, 0.25) is 0 Å². The van der Waals surface area contributed by atoms with Crippen LogP contribution in [-0.2, 0) is 28.2 Å². The summed E-state index contributed by atoms with van der Waals surface area (Å²) in [7, 11) is -4.73. The fourth-order valence-electron chi connectivity index (χ4n) is 4.19. The lowest BCUT2D eigenvalue weighted by molar-refractivity contribution is -0.161. The maximum atomic E-state index is 12.2. The first kappa shape index (κ1) is 37.8. The van der Waals surface area contributed by atoms with Gasteiger partial charge >= 0.3 is 19.8 Å². The average Bonchev–Trinajstić information content (AvgIpc) is 2.89. The highest BCUT2D eigenvalue weighted by atomic mass is 31.2. The molecule has 0 saturated heterocycles. The molecule has 0 aromatic heterocycles. The molecule has 2 N–H and O–H groups in total.